The van der Waals surface area contributed by atoms with Crippen LogP contribution in [0.5, 0.6) is 0 Å². The van der Waals surface area contributed by atoms with Gasteiger partial charge in [0.05, 0.1) is 0 Å². The van der Waals surface area contributed by atoms with Crippen LogP contribution in [0.1, 0.15) is 43.4 Å². The summed E-state index contributed by atoms with van der Waals surface area (Å²) in [7, 11) is 0. The zero-order valence-corrected chi connectivity index (χ0v) is 12.7. The topological polar surface area (TPSA) is 15.3 Å². The van der Waals surface area contributed by atoms with Crippen molar-refractivity contribution in [1.82, 2.24) is 10.2 Å². The predicted octanol–water partition coefficient (Wildman–Crippen LogP) is 3.48. The van der Waals surface area contributed by atoms with Crippen LogP contribution in [-0.2, 0) is 13.1 Å². The number of hydrogen-bond acceptors (Lipinski definition) is 3. The summed E-state index contributed by atoms with van der Waals surface area (Å²) >= 11 is 1.96. The van der Waals surface area contributed by atoms with E-state index in [0.29, 0.717) is 6.04 Å². The van der Waals surface area contributed by atoms with E-state index >= 15 is 0 Å². The molecule has 1 N–H and O–H groups in total. The van der Waals surface area contributed by atoms with Crippen molar-refractivity contribution in [3.8, 4) is 0 Å². The van der Waals surface area contributed by atoms with Crippen LogP contribution in [0, 0.1) is 5.92 Å². The average Bonchev–Trinajstić information content (AvgIpc) is 3.04. The molecule has 0 saturated heterocycles. The second-order valence-corrected chi connectivity index (χ2v) is 6.93. The molecule has 3 heteroatoms. The lowest BCUT2D eigenvalue weighted by Crippen LogP contribution is -2.24. The normalized spacial score (nSPS) is 15.8. The Labute approximate surface area is 115 Å². The minimum atomic E-state index is 0.567. The maximum Gasteiger partial charge on any atom is 0.0328 e. The molecule has 1 aromatic heterocycles. The number of hydrogen-bond donors (Lipinski definition) is 1. The highest BCUT2D eigenvalue weighted by atomic mass is 32.1. The fourth-order valence-corrected chi connectivity index (χ4v) is 3.11. The highest BCUT2D eigenvalue weighted by molar-refractivity contribution is 7.11. The van der Waals surface area contributed by atoms with Gasteiger partial charge < -0.3 is 5.32 Å². The number of thiophene rings is 1. The van der Waals surface area contributed by atoms with E-state index in [-0.39, 0.29) is 0 Å². The fourth-order valence-electron chi connectivity index (χ4n) is 2.10. The Bertz CT molecular complexity index is 355. The molecule has 0 atom stereocenters. The molecule has 0 unspecified atom stereocenters. The summed E-state index contributed by atoms with van der Waals surface area (Å²) in [5, 5.41) is 3.48. The van der Waals surface area contributed by atoms with Gasteiger partial charge in [0.25, 0.3) is 0 Å². The molecular weight excluding hydrogens is 240 g/mol. The first kappa shape index (κ1) is 14.0. The molecule has 1 aliphatic carbocycles. The summed E-state index contributed by atoms with van der Waals surface area (Å²) in [6, 6.07) is 5.15. The van der Waals surface area contributed by atoms with E-state index in [2.05, 4.69) is 43.1 Å². The van der Waals surface area contributed by atoms with Crippen molar-refractivity contribution < 1.29 is 0 Å². The molecule has 0 aliphatic heterocycles. The van der Waals surface area contributed by atoms with E-state index in [1.54, 1.807) is 0 Å². The van der Waals surface area contributed by atoms with Crippen molar-refractivity contribution in [2.75, 3.05) is 13.1 Å². The van der Waals surface area contributed by atoms with E-state index in [9.17, 15) is 0 Å². The molecular formula is C15H26N2S. The molecule has 0 aromatic carbocycles. The van der Waals surface area contributed by atoms with Gasteiger partial charge in [-0.3, -0.25) is 4.90 Å². The monoisotopic (exact) mass is 266 g/mol. The molecule has 1 aliphatic rings. The van der Waals surface area contributed by atoms with Crippen molar-refractivity contribution in [3.63, 3.8) is 0 Å². The molecule has 18 heavy (non-hydrogen) atoms. The van der Waals surface area contributed by atoms with Gasteiger partial charge in [-0.1, -0.05) is 20.8 Å². The van der Waals surface area contributed by atoms with E-state index in [1.807, 2.05) is 11.3 Å². The van der Waals surface area contributed by atoms with Gasteiger partial charge in [-0.05, 0) is 37.4 Å². The minimum absolute atomic E-state index is 0.567. The molecule has 0 radical (unpaired) electrons. The third kappa shape index (κ3) is 4.71. The lowest BCUT2D eigenvalue weighted by Gasteiger charge is -2.19. The standard InChI is InChI=1S/C15H26N2S/c1-4-17(10-13-5-6-13)11-15-8-7-14(18-15)9-16-12(2)3/h7-8,12-13,16H,4-6,9-11H2,1-3H3. The molecule has 1 saturated carbocycles. The van der Waals surface area contributed by atoms with Crippen LogP contribution in [0.25, 0.3) is 0 Å². The maximum absolute atomic E-state index is 3.48. The Morgan fingerprint density at radius 1 is 1.33 bits per heavy atom. The fraction of sp³-hybridized carbons (Fsp3) is 0.733. The SMILES string of the molecule is CCN(Cc1ccc(CNC(C)C)s1)CC1CC1. The lowest BCUT2D eigenvalue weighted by atomic mass is 10.3. The van der Waals surface area contributed by atoms with Crippen LogP contribution in [0.4, 0.5) is 0 Å². The highest BCUT2D eigenvalue weighted by Gasteiger charge is 2.23. The van der Waals surface area contributed by atoms with Crippen LogP contribution in [0.2, 0.25) is 0 Å². The van der Waals surface area contributed by atoms with Gasteiger partial charge in [0.15, 0.2) is 0 Å². The van der Waals surface area contributed by atoms with E-state index < -0.39 is 0 Å². The van der Waals surface area contributed by atoms with Crippen molar-refractivity contribution in [2.45, 2.75) is 52.7 Å². The van der Waals surface area contributed by atoms with Crippen LogP contribution in [-0.4, -0.2) is 24.0 Å². The average molecular weight is 266 g/mol. The Kier molecular flexibility index (Phi) is 5.22. The molecule has 102 valence electrons. The van der Waals surface area contributed by atoms with Crippen LogP contribution < -0.4 is 5.32 Å². The van der Waals surface area contributed by atoms with E-state index in [1.165, 1.54) is 35.7 Å². The van der Waals surface area contributed by atoms with E-state index in [0.717, 1.165) is 19.0 Å². The van der Waals surface area contributed by atoms with E-state index in [4.69, 9.17) is 0 Å². The third-order valence-electron chi connectivity index (χ3n) is 3.44. The maximum atomic E-state index is 3.48. The smallest absolute Gasteiger partial charge is 0.0328 e. The third-order valence-corrected chi connectivity index (χ3v) is 4.51. The molecule has 0 bridgehead atoms. The summed E-state index contributed by atoms with van der Waals surface area (Å²) in [4.78, 5) is 5.56. The van der Waals surface area contributed by atoms with Crippen molar-refractivity contribution in [2.24, 2.45) is 5.92 Å². The summed E-state index contributed by atoms with van der Waals surface area (Å²) in [5.74, 6) is 0.993. The molecule has 2 rings (SSSR count). The predicted molar refractivity (Wildman–Crippen MR) is 80.0 cm³/mol. The molecule has 1 aromatic rings. The van der Waals surface area contributed by atoms with Gasteiger partial charge >= 0.3 is 0 Å². The number of nitrogens with zero attached hydrogens (tertiary/aromatic N) is 1. The summed E-state index contributed by atoms with van der Waals surface area (Å²) in [6.45, 7) is 11.3. The highest BCUT2D eigenvalue weighted by Crippen LogP contribution is 2.30. The van der Waals surface area contributed by atoms with Crippen LogP contribution in [0.3, 0.4) is 0 Å². The van der Waals surface area contributed by atoms with Crippen LogP contribution in [0.15, 0.2) is 12.1 Å². The first-order valence-corrected chi connectivity index (χ1v) is 8.02. The molecule has 0 amide bonds. The second kappa shape index (κ2) is 6.69. The van der Waals surface area contributed by atoms with Gasteiger partial charge in [0.2, 0.25) is 0 Å². The van der Waals surface area contributed by atoms with Gasteiger partial charge in [-0.15, -0.1) is 11.3 Å². The van der Waals surface area contributed by atoms with Gasteiger partial charge in [-0.2, -0.15) is 0 Å². The Morgan fingerprint density at radius 2 is 2.06 bits per heavy atom. The largest absolute Gasteiger partial charge is 0.310 e. The quantitative estimate of drug-likeness (QED) is 0.775. The van der Waals surface area contributed by atoms with Crippen molar-refractivity contribution in [3.05, 3.63) is 21.9 Å². The van der Waals surface area contributed by atoms with Crippen LogP contribution >= 0.6 is 11.3 Å². The zero-order chi connectivity index (χ0) is 13.0. The Morgan fingerprint density at radius 3 is 2.67 bits per heavy atom. The molecule has 0 spiro atoms. The van der Waals surface area contributed by atoms with Crippen molar-refractivity contribution in [1.29, 1.82) is 0 Å². The summed E-state index contributed by atoms with van der Waals surface area (Å²) < 4.78 is 0. The van der Waals surface area contributed by atoms with Gasteiger partial charge in [0.1, 0.15) is 0 Å². The van der Waals surface area contributed by atoms with Gasteiger partial charge in [-0.25, -0.2) is 0 Å². The first-order chi connectivity index (χ1) is 8.67. The second-order valence-electron chi connectivity index (χ2n) is 5.67. The molecule has 1 heterocycles. The summed E-state index contributed by atoms with van der Waals surface area (Å²) in [5.41, 5.74) is 0. The minimum Gasteiger partial charge on any atom is -0.310 e. The summed E-state index contributed by atoms with van der Waals surface area (Å²) in [6.07, 6.45) is 2.90. The Hall–Kier alpha value is -0.380. The first-order valence-electron chi connectivity index (χ1n) is 7.20. The molecule has 2 nitrogen and oxygen atoms in total. The number of rotatable bonds is 8. The molecule has 1 fully saturated rings. The number of nitrogens with one attached hydrogen (secondary N) is 1. The van der Waals surface area contributed by atoms with Crippen molar-refractivity contribution >= 4 is 11.3 Å². The Balaban J connectivity index is 1.80. The lowest BCUT2D eigenvalue weighted by molar-refractivity contribution is 0.271. The van der Waals surface area contributed by atoms with Gasteiger partial charge in [0, 0.05) is 35.4 Å². The zero-order valence-electron chi connectivity index (χ0n) is 11.9.